The van der Waals surface area contributed by atoms with Crippen LogP contribution in [0.4, 0.5) is 0 Å². The largest absolute Gasteiger partial charge is 0.665 e. The molecule has 0 fully saturated rings. The first-order chi connectivity index (χ1) is 4.41. The van der Waals surface area contributed by atoms with Crippen LogP contribution in [-0.2, 0) is 27.2 Å². The fourth-order valence-corrected chi connectivity index (χ4v) is 0.342. The van der Waals surface area contributed by atoms with Crippen LogP contribution in [0.5, 0.6) is 0 Å². The molecule has 0 heterocycles. The Hall–Kier alpha value is -0.570. The van der Waals surface area contributed by atoms with Crippen LogP contribution in [0.15, 0.2) is 30.3 Å². The molecule has 67 valence electrons. The van der Waals surface area contributed by atoms with Gasteiger partial charge in [-0.2, -0.15) is 36.4 Å². The third-order valence-corrected chi connectivity index (χ3v) is 0.607. The van der Waals surface area contributed by atoms with E-state index in [0.29, 0.717) is 6.47 Å². The molecule has 1 aromatic rings. The maximum absolute atomic E-state index is 8.24. The summed E-state index contributed by atoms with van der Waals surface area (Å²) in [5.41, 5.74) is 0. The number of rotatable bonds is 0. The molecule has 0 aliphatic heterocycles. The van der Waals surface area contributed by atoms with E-state index in [0.717, 1.165) is 0 Å². The van der Waals surface area contributed by atoms with E-state index in [2.05, 4.69) is 6.07 Å². The van der Waals surface area contributed by atoms with Gasteiger partial charge < -0.3 is 17.3 Å². The van der Waals surface area contributed by atoms with E-state index in [-0.39, 0.29) is 29.8 Å². The molecule has 1 N–H and O–H groups in total. The first-order valence-electron chi connectivity index (χ1n) is 2.34. The summed E-state index contributed by atoms with van der Waals surface area (Å²) in [6.07, 6.45) is 0. The van der Waals surface area contributed by atoms with Crippen molar-refractivity contribution in [1.82, 2.24) is 0 Å². The molecule has 0 aliphatic carbocycles. The maximum atomic E-state index is 8.24. The molecular weight excluding hydrogens is 236 g/mol. The molecule has 1 rings (SSSR count). The van der Waals surface area contributed by atoms with Gasteiger partial charge in [0.15, 0.2) is 0 Å². The molecule has 0 bridgehead atoms. The van der Waals surface area contributed by atoms with Gasteiger partial charge in [-0.05, 0) is 0 Å². The van der Waals surface area contributed by atoms with Crippen molar-refractivity contribution in [1.29, 1.82) is 0 Å². The maximum Gasteiger partial charge on any atom is 0 e. The molecule has 0 amide bonds. The van der Waals surface area contributed by atoms with Crippen LogP contribution in [0, 0.1) is 13.5 Å². The first-order valence-corrected chi connectivity index (χ1v) is 2.34. The van der Waals surface area contributed by atoms with Gasteiger partial charge in [0, 0.05) is 22.4 Å². The van der Waals surface area contributed by atoms with Gasteiger partial charge in [0.2, 0.25) is 0 Å². The minimum Gasteiger partial charge on any atom is -0.665 e. The molecule has 0 atom stereocenters. The molecule has 1 radical (unpaired) electrons. The summed E-state index contributed by atoms with van der Waals surface area (Å²) >= 11 is 0. The third kappa shape index (κ3) is 17.7. The van der Waals surface area contributed by atoms with Crippen molar-refractivity contribution in [3.63, 3.8) is 0 Å². The fraction of sp³-hybridized carbons (Fsp3) is 0. The Kier molecular flexibility index (Phi) is 24.8. The summed E-state index contributed by atoms with van der Waals surface area (Å²) in [6.45, 7) is 0.500. The average molecular weight is 245 g/mol. The second kappa shape index (κ2) is 16.2. The molecule has 2 nitrogen and oxygen atoms in total. The fourth-order valence-electron chi connectivity index (χ4n) is 0.342. The van der Waals surface area contributed by atoms with Gasteiger partial charge in [-0.1, -0.05) is 6.47 Å². The first kappa shape index (κ1) is 16.8. The molecule has 3 heteroatoms. The van der Waals surface area contributed by atoms with E-state index in [9.17, 15) is 0 Å². The summed E-state index contributed by atoms with van der Waals surface area (Å²) < 4.78 is 0. The Bertz CT molecular complexity index is 115. The number of hydrogen-bond donors (Lipinski definition) is 1. The van der Waals surface area contributed by atoms with E-state index < -0.39 is 0 Å². The van der Waals surface area contributed by atoms with Crippen LogP contribution in [0.25, 0.3) is 0 Å². The normalized spacial score (nSPS) is 5.45. The van der Waals surface area contributed by atoms with E-state index >= 15 is 0 Å². The van der Waals surface area contributed by atoms with Gasteiger partial charge in [-0.15, -0.1) is 0 Å². The Morgan fingerprint density at radius 1 is 1.18 bits per heavy atom. The van der Waals surface area contributed by atoms with Gasteiger partial charge >= 0.3 is 0 Å². The van der Waals surface area contributed by atoms with Gasteiger partial charge in [0.1, 0.15) is 0 Å². The SMILES string of the molecule is O=[C-]O.[Ag].[CH3-].[c-]1ccccc1. The van der Waals surface area contributed by atoms with Gasteiger partial charge in [-0.3, -0.25) is 0 Å². The molecular formula is C8H9AgO2-3. The summed E-state index contributed by atoms with van der Waals surface area (Å²) in [4.78, 5) is 8.24. The molecule has 1 aromatic carbocycles. The van der Waals surface area contributed by atoms with Crippen LogP contribution < -0.4 is 0 Å². The van der Waals surface area contributed by atoms with E-state index in [1.807, 2.05) is 30.3 Å². The van der Waals surface area contributed by atoms with E-state index in [1.54, 1.807) is 0 Å². The van der Waals surface area contributed by atoms with Crippen molar-refractivity contribution < 1.29 is 32.3 Å². The smallest absolute Gasteiger partial charge is 0 e. The molecule has 0 spiro atoms. The molecule has 0 unspecified atom stereocenters. The molecule has 11 heavy (non-hydrogen) atoms. The summed E-state index contributed by atoms with van der Waals surface area (Å²) in [5, 5.41) is 6.76. The molecule has 0 aliphatic rings. The van der Waals surface area contributed by atoms with E-state index in [1.165, 1.54) is 0 Å². The standard InChI is InChI=1S/C6H5.CHO2.CH3.Ag/c1-2-4-6-5-3-1;2-1-3;;/h1-5H;(H,2,3);1H3;/q3*-1;. The predicted octanol–water partition coefficient (Wildman–Crippen LogP) is 1.55. The minimum absolute atomic E-state index is 0. The monoisotopic (exact) mass is 244 g/mol. The van der Waals surface area contributed by atoms with Crippen LogP contribution in [-0.4, -0.2) is 11.6 Å². The number of aliphatic hydroxyl groups excluding tert-OH is 1. The van der Waals surface area contributed by atoms with Gasteiger partial charge in [-0.25, -0.2) is 0 Å². The van der Waals surface area contributed by atoms with Crippen molar-refractivity contribution in [3.05, 3.63) is 43.8 Å². The zero-order valence-electron chi connectivity index (χ0n) is 6.04. The molecule has 0 saturated carbocycles. The van der Waals surface area contributed by atoms with Crippen molar-refractivity contribution >= 4 is 6.47 Å². The van der Waals surface area contributed by atoms with Crippen molar-refractivity contribution in [3.8, 4) is 0 Å². The van der Waals surface area contributed by atoms with Gasteiger partial charge in [0.05, 0.1) is 0 Å². The van der Waals surface area contributed by atoms with Crippen molar-refractivity contribution in [2.45, 2.75) is 0 Å². The van der Waals surface area contributed by atoms with Crippen molar-refractivity contribution in [2.75, 3.05) is 0 Å². The molecule has 0 saturated heterocycles. The summed E-state index contributed by atoms with van der Waals surface area (Å²) in [7, 11) is 0. The predicted molar refractivity (Wildman–Crippen MR) is 40.0 cm³/mol. The van der Waals surface area contributed by atoms with Crippen LogP contribution >= 0.6 is 0 Å². The minimum atomic E-state index is 0. The van der Waals surface area contributed by atoms with Crippen LogP contribution in [0.1, 0.15) is 0 Å². The van der Waals surface area contributed by atoms with Crippen molar-refractivity contribution in [2.24, 2.45) is 0 Å². The summed E-state index contributed by atoms with van der Waals surface area (Å²) in [5.74, 6) is 0. The third-order valence-electron chi connectivity index (χ3n) is 0.607. The van der Waals surface area contributed by atoms with Gasteiger partial charge in [0.25, 0.3) is 0 Å². The Morgan fingerprint density at radius 3 is 1.64 bits per heavy atom. The second-order valence-electron chi connectivity index (χ2n) is 1.17. The number of hydrogen-bond acceptors (Lipinski definition) is 1. The topological polar surface area (TPSA) is 37.3 Å². The summed E-state index contributed by atoms with van der Waals surface area (Å²) in [6, 6.07) is 12.5. The zero-order valence-corrected chi connectivity index (χ0v) is 7.53. The average Bonchev–Trinajstić information content (AvgIpc) is 1.93. The zero-order chi connectivity index (χ0) is 6.95. The van der Waals surface area contributed by atoms with Crippen LogP contribution in [0.2, 0.25) is 0 Å². The Morgan fingerprint density at radius 2 is 1.55 bits per heavy atom. The second-order valence-corrected chi connectivity index (χ2v) is 1.17. The van der Waals surface area contributed by atoms with Crippen LogP contribution in [0.3, 0.4) is 0 Å². The Balaban J connectivity index is -0.000000116. The van der Waals surface area contributed by atoms with E-state index in [4.69, 9.17) is 9.90 Å². The quantitative estimate of drug-likeness (QED) is 0.556. The Labute approximate surface area is 82.8 Å². The number of benzene rings is 1. The molecule has 0 aromatic heterocycles.